The zero-order valence-corrected chi connectivity index (χ0v) is 16.6. The number of benzene rings is 1. The van der Waals surface area contributed by atoms with Gasteiger partial charge in [0.05, 0.1) is 11.1 Å². The number of thiophene rings is 1. The van der Waals surface area contributed by atoms with Gasteiger partial charge in [-0.3, -0.25) is 4.79 Å². The zero-order valence-electron chi connectivity index (χ0n) is 14.9. The summed E-state index contributed by atoms with van der Waals surface area (Å²) in [5.74, 6) is -0.149. The van der Waals surface area contributed by atoms with Crippen molar-refractivity contribution >= 4 is 33.0 Å². The van der Waals surface area contributed by atoms with Crippen LogP contribution in [-0.4, -0.2) is 27.1 Å². The lowest BCUT2D eigenvalue weighted by atomic mass is 9.86. The van der Waals surface area contributed by atoms with Gasteiger partial charge >= 0.3 is 0 Å². The molecule has 0 bridgehead atoms. The second-order valence-corrected chi connectivity index (χ2v) is 9.93. The van der Waals surface area contributed by atoms with Crippen molar-refractivity contribution in [1.82, 2.24) is 4.72 Å². The second-order valence-electron chi connectivity index (χ2n) is 6.93. The van der Waals surface area contributed by atoms with E-state index in [9.17, 15) is 13.2 Å². The third-order valence-corrected chi connectivity index (χ3v) is 5.48. The normalized spacial score (nSPS) is 12.2. The number of amides is 1. The van der Waals surface area contributed by atoms with Crippen LogP contribution < -0.4 is 10.0 Å². The van der Waals surface area contributed by atoms with Crippen LogP contribution >= 0.6 is 11.3 Å². The summed E-state index contributed by atoms with van der Waals surface area (Å²) in [7, 11) is -3.19. The van der Waals surface area contributed by atoms with Gasteiger partial charge in [0, 0.05) is 17.1 Å². The Morgan fingerprint density at radius 3 is 2.44 bits per heavy atom. The SMILES string of the molecule is CC(C)(C)c1ccccc1NC(=O)c1ccc(CCNS(C)(=O)=O)s1. The summed E-state index contributed by atoms with van der Waals surface area (Å²) < 4.78 is 24.6. The molecule has 5 nitrogen and oxygen atoms in total. The van der Waals surface area contributed by atoms with Gasteiger partial charge in [-0.05, 0) is 35.6 Å². The van der Waals surface area contributed by atoms with Crippen molar-refractivity contribution in [3.63, 3.8) is 0 Å². The van der Waals surface area contributed by atoms with E-state index in [0.29, 0.717) is 17.8 Å². The van der Waals surface area contributed by atoms with E-state index in [1.165, 1.54) is 11.3 Å². The number of anilines is 1. The molecule has 0 saturated heterocycles. The Kier molecular flexibility index (Phi) is 6.03. The molecule has 0 aliphatic carbocycles. The lowest BCUT2D eigenvalue weighted by Crippen LogP contribution is -2.24. The number of para-hydroxylation sites is 1. The fourth-order valence-electron chi connectivity index (χ4n) is 2.42. The smallest absolute Gasteiger partial charge is 0.265 e. The number of carbonyl (C=O) groups excluding carboxylic acids is 1. The van der Waals surface area contributed by atoms with Gasteiger partial charge in [0.1, 0.15) is 0 Å². The van der Waals surface area contributed by atoms with Crippen molar-refractivity contribution in [3.05, 3.63) is 51.7 Å². The molecule has 2 aromatic rings. The molecule has 1 amide bonds. The van der Waals surface area contributed by atoms with Crippen molar-refractivity contribution in [1.29, 1.82) is 0 Å². The van der Waals surface area contributed by atoms with Gasteiger partial charge in [-0.1, -0.05) is 39.0 Å². The second kappa shape index (κ2) is 7.68. The monoisotopic (exact) mass is 380 g/mol. The van der Waals surface area contributed by atoms with Crippen LogP contribution in [0.1, 0.15) is 40.9 Å². The van der Waals surface area contributed by atoms with Crippen LogP contribution in [0.3, 0.4) is 0 Å². The maximum absolute atomic E-state index is 12.5. The highest BCUT2D eigenvalue weighted by Crippen LogP contribution is 2.30. The summed E-state index contributed by atoms with van der Waals surface area (Å²) in [5, 5.41) is 2.99. The lowest BCUT2D eigenvalue weighted by molar-refractivity contribution is 0.103. The fraction of sp³-hybridized carbons (Fsp3) is 0.389. The molecule has 0 aliphatic rings. The molecule has 1 aromatic carbocycles. The first-order valence-corrected chi connectivity index (χ1v) is 10.7. The van der Waals surface area contributed by atoms with Gasteiger partial charge in [-0.2, -0.15) is 0 Å². The van der Waals surface area contributed by atoms with Gasteiger partial charge in [-0.25, -0.2) is 13.1 Å². The average molecular weight is 381 g/mol. The summed E-state index contributed by atoms with van der Waals surface area (Å²) in [5.41, 5.74) is 1.83. The quantitative estimate of drug-likeness (QED) is 0.807. The zero-order chi connectivity index (χ0) is 18.7. The van der Waals surface area contributed by atoms with Gasteiger partial charge in [0.15, 0.2) is 0 Å². The van der Waals surface area contributed by atoms with E-state index in [-0.39, 0.29) is 11.3 Å². The molecular weight excluding hydrogens is 356 g/mol. The van der Waals surface area contributed by atoms with E-state index >= 15 is 0 Å². The van der Waals surface area contributed by atoms with Crippen LogP contribution in [0.15, 0.2) is 36.4 Å². The molecule has 0 spiro atoms. The van der Waals surface area contributed by atoms with E-state index in [1.54, 1.807) is 6.07 Å². The van der Waals surface area contributed by atoms with Gasteiger partial charge < -0.3 is 5.32 Å². The Balaban J connectivity index is 2.06. The minimum Gasteiger partial charge on any atom is -0.321 e. The molecule has 136 valence electrons. The minimum absolute atomic E-state index is 0.0677. The summed E-state index contributed by atoms with van der Waals surface area (Å²) in [6, 6.07) is 11.4. The highest BCUT2D eigenvalue weighted by Gasteiger charge is 2.19. The van der Waals surface area contributed by atoms with Gasteiger partial charge in [0.25, 0.3) is 5.91 Å². The molecule has 0 radical (unpaired) electrons. The van der Waals surface area contributed by atoms with E-state index in [2.05, 4.69) is 30.8 Å². The van der Waals surface area contributed by atoms with E-state index in [0.717, 1.165) is 22.4 Å². The summed E-state index contributed by atoms with van der Waals surface area (Å²) in [4.78, 5) is 14.1. The van der Waals surface area contributed by atoms with Crippen LogP contribution in [0.2, 0.25) is 0 Å². The Morgan fingerprint density at radius 2 is 1.80 bits per heavy atom. The van der Waals surface area contributed by atoms with Gasteiger partial charge in [-0.15, -0.1) is 11.3 Å². The molecule has 2 N–H and O–H groups in total. The van der Waals surface area contributed by atoms with E-state index in [4.69, 9.17) is 0 Å². The fourth-order valence-corrected chi connectivity index (χ4v) is 3.80. The third kappa shape index (κ3) is 5.95. The van der Waals surface area contributed by atoms with Crippen molar-refractivity contribution < 1.29 is 13.2 Å². The number of sulfonamides is 1. The Bertz CT molecular complexity index is 849. The van der Waals surface area contributed by atoms with Crippen LogP contribution in [0.4, 0.5) is 5.69 Å². The highest BCUT2D eigenvalue weighted by molar-refractivity contribution is 7.88. The lowest BCUT2D eigenvalue weighted by Gasteiger charge is -2.22. The van der Waals surface area contributed by atoms with Crippen LogP contribution in [0.5, 0.6) is 0 Å². The van der Waals surface area contributed by atoms with Crippen molar-refractivity contribution in [2.75, 3.05) is 18.1 Å². The molecule has 1 heterocycles. The molecule has 2 rings (SSSR count). The van der Waals surface area contributed by atoms with Crippen molar-refractivity contribution in [2.24, 2.45) is 0 Å². The molecule has 25 heavy (non-hydrogen) atoms. The first-order valence-electron chi connectivity index (χ1n) is 8.00. The maximum atomic E-state index is 12.5. The van der Waals surface area contributed by atoms with Gasteiger partial charge in [0.2, 0.25) is 10.0 Å². The minimum atomic E-state index is -3.19. The Morgan fingerprint density at radius 1 is 1.12 bits per heavy atom. The molecule has 1 aromatic heterocycles. The highest BCUT2D eigenvalue weighted by atomic mass is 32.2. The number of hydrogen-bond acceptors (Lipinski definition) is 4. The van der Waals surface area contributed by atoms with Crippen LogP contribution in [-0.2, 0) is 21.9 Å². The number of rotatable bonds is 6. The predicted octanol–water partition coefficient (Wildman–Crippen LogP) is 3.39. The van der Waals surface area contributed by atoms with Crippen LogP contribution in [0, 0.1) is 0 Å². The molecule has 0 unspecified atom stereocenters. The first kappa shape index (κ1) is 19.6. The first-order chi connectivity index (χ1) is 11.6. The van der Waals surface area contributed by atoms with Crippen molar-refractivity contribution in [3.8, 4) is 0 Å². The Labute approximate surface area is 153 Å². The molecular formula is C18H24N2O3S2. The number of carbonyl (C=O) groups is 1. The van der Waals surface area contributed by atoms with Crippen molar-refractivity contribution in [2.45, 2.75) is 32.6 Å². The third-order valence-electron chi connectivity index (χ3n) is 3.60. The number of nitrogens with one attached hydrogen (secondary N) is 2. The van der Waals surface area contributed by atoms with E-state index in [1.807, 2.05) is 30.3 Å². The molecule has 0 saturated carbocycles. The van der Waals surface area contributed by atoms with Crippen LogP contribution in [0.25, 0.3) is 0 Å². The maximum Gasteiger partial charge on any atom is 0.265 e. The molecule has 0 aliphatic heterocycles. The largest absolute Gasteiger partial charge is 0.321 e. The molecule has 0 fully saturated rings. The number of hydrogen-bond donors (Lipinski definition) is 2. The summed E-state index contributed by atoms with van der Waals surface area (Å²) in [6.07, 6.45) is 1.69. The molecule has 7 heteroatoms. The average Bonchev–Trinajstić information content (AvgIpc) is 2.94. The standard InChI is InChI=1S/C18H24N2O3S2/c1-18(2,3)14-7-5-6-8-15(14)20-17(21)16-10-9-13(24-16)11-12-19-25(4,22)23/h5-10,19H,11-12H2,1-4H3,(H,20,21). The summed E-state index contributed by atoms with van der Waals surface area (Å²) >= 11 is 1.38. The topological polar surface area (TPSA) is 75.3 Å². The summed E-state index contributed by atoms with van der Waals surface area (Å²) in [6.45, 7) is 6.65. The Hall–Kier alpha value is -1.70. The van der Waals surface area contributed by atoms with E-state index < -0.39 is 10.0 Å². The predicted molar refractivity (Wildman–Crippen MR) is 104 cm³/mol. The molecule has 0 atom stereocenters.